The van der Waals surface area contributed by atoms with Crippen LogP contribution in [0.3, 0.4) is 0 Å². The number of nitrogens with zero attached hydrogens (tertiary/aromatic N) is 1. The fourth-order valence-electron chi connectivity index (χ4n) is 5.31. The van der Waals surface area contributed by atoms with Gasteiger partial charge in [0.1, 0.15) is 22.8 Å². The third kappa shape index (κ3) is 4.68. The summed E-state index contributed by atoms with van der Waals surface area (Å²) in [7, 11) is -1.57. The largest absolute Gasteiger partial charge is 0.508 e. The molecule has 202 valence electrons. The zero-order valence-corrected chi connectivity index (χ0v) is 22.3. The monoisotopic (exact) mass is 653 g/mol. The Balaban J connectivity index is 0.000000695. The lowest BCUT2D eigenvalue weighted by molar-refractivity contribution is -0.153. The molecule has 0 aromatic heterocycles. The van der Waals surface area contributed by atoms with Gasteiger partial charge in [0.2, 0.25) is 5.78 Å². The van der Waals surface area contributed by atoms with Gasteiger partial charge in [-0.05, 0) is 67.1 Å². The smallest absolute Gasteiger partial charge is 0.394 e. The molecule has 1 amide bonds. The topological polar surface area (TPSA) is 262 Å². The maximum atomic E-state index is 13.6. The second-order valence-electron chi connectivity index (χ2n) is 9.06. The van der Waals surface area contributed by atoms with Crippen molar-refractivity contribution in [1.82, 2.24) is 4.90 Å². The van der Waals surface area contributed by atoms with Crippen molar-refractivity contribution in [2.24, 2.45) is 17.6 Å². The van der Waals surface area contributed by atoms with Crippen LogP contribution in [0.1, 0.15) is 17.5 Å². The van der Waals surface area contributed by atoms with Crippen LogP contribution in [0.25, 0.3) is 5.76 Å². The van der Waals surface area contributed by atoms with E-state index in [0.29, 0.717) is 14.8 Å². The number of nitrogens with two attached hydrogens (primary N) is 2. The molecule has 1 saturated carbocycles. The number of carbonyl (C=O) groups excluding carboxylic acids is 3. The lowest BCUT2D eigenvalue weighted by Crippen LogP contribution is -2.65. The molecule has 4 rings (SSSR count). The highest BCUT2D eigenvalue weighted by Gasteiger charge is 2.64. The number of phenolic OH excluding ortho intramolecular Hbond substituents is 1. The Hall–Kier alpha value is -2.77. The number of nitrogen functional groups attached to an aromatic ring is 1. The van der Waals surface area contributed by atoms with Crippen LogP contribution in [0, 0.1) is 15.4 Å². The fraction of sp³-hybridized carbons (Fsp3) is 0.381. The number of Topliss-reactive ketones (excluding diaryl/α,β-unsaturated/α-hetero) is 2. The number of primary amides is 1. The Morgan fingerprint density at radius 2 is 1.73 bits per heavy atom. The van der Waals surface area contributed by atoms with Crippen molar-refractivity contribution in [3.63, 3.8) is 0 Å². The van der Waals surface area contributed by atoms with E-state index in [4.69, 9.17) is 29.0 Å². The molecular weight excluding hydrogens is 629 g/mol. The molecule has 0 aliphatic heterocycles. The van der Waals surface area contributed by atoms with Gasteiger partial charge in [0.25, 0.3) is 5.91 Å². The maximum Gasteiger partial charge on any atom is 0.394 e. The number of aliphatic hydroxyl groups is 3. The molecule has 0 bridgehead atoms. The summed E-state index contributed by atoms with van der Waals surface area (Å²) >= 11 is 1.84. The number of phenols is 1. The van der Waals surface area contributed by atoms with Crippen LogP contribution in [0.5, 0.6) is 5.75 Å². The molecule has 1 fully saturated rings. The van der Waals surface area contributed by atoms with E-state index in [1.807, 2.05) is 22.6 Å². The van der Waals surface area contributed by atoms with Crippen molar-refractivity contribution in [2.75, 3.05) is 19.8 Å². The second-order valence-corrected chi connectivity index (χ2v) is 11.1. The first-order valence-electron chi connectivity index (χ1n) is 10.5. The molecule has 14 nitrogen and oxygen atoms in total. The highest BCUT2D eigenvalue weighted by Crippen LogP contribution is 2.53. The molecule has 2 unspecified atom stereocenters. The van der Waals surface area contributed by atoms with Gasteiger partial charge in [0.05, 0.1) is 15.2 Å². The summed E-state index contributed by atoms with van der Waals surface area (Å²) < 4.78 is 31.9. The molecule has 1 aromatic rings. The van der Waals surface area contributed by atoms with Crippen LogP contribution in [0.2, 0.25) is 0 Å². The number of rotatable bonds is 2. The Labute approximate surface area is 224 Å². The van der Waals surface area contributed by atoms with Gasteiger partial charge < -0.3 is 31.9 Å². The SMILES string of the molecule is CN(C)[C@@H]1C(=O)C(C(N)=O)=C(O)[C@@]2(O)C(=O)C3=C(O)c4c(O)c(I)cc(N)c4CC3CC12.O=S(=O)(O)O. The minimum absolute atomic E-state index is 0.00862. The van der Waals surface area contributed by atoms with Crippen LogP contribution in [0.4, 0.5) is 5.69 Å². The summed E-state index contributed by atoms with van der Waals surface area (Å²) in [5, 5.41) is 43.8. The molecule has 3 aliphatic carbocycles. The summed E-state index contributed by atoms with van der Waals surface area (Å²) in [4.78, 5) is 40.0. The van der Waals surface area contributed by atoms with Crippen molar-refractivity contribution in [2.45, 2.75) is 24.5 Å². The first-order chi connectivity index (χ1) is 16.8. The summed E-state index contributed by atoms with van der Waals surface area (Å²) in [6.07, 6.45) is 0.197. The number of fused-ring (bicyclic) bond motifs is 3. The van der Waals surface area contributed by atoms with Crippen molar-refractivity contribution >= 4 is 61.9 Å². The van der Waals surface area contributed by atoms with E-state index >= 15 is 0 Å². The van der Waals surface area contributed by atoms with Crippen LogP contribution < -0.4 is 11.5 Å². The van der Waals surface area contributed by atoms with E-state index in [1.54, 1.807) is 20.2 Å². The number of carbonyl (C=O) groups is 3. The number of ketones is 2. The molecule has 10 N–H and O–H groups in total. The highest BCUT2D eigenvalue weighted by molar-refractivity contribution is 14.1. The molecule has 3 aliphatic rings. The van der Waals surface area contributed by atoms with Gasteiger partial charge >= 0.3 is 10.4 Å². The minimum atomic E-state index is -4.67. The fourth-order valence-corrected chi connectivity index (χ4v) is 5.91. The van der Waals surface area contributed by atoms with Crippen molar-refractivity contribution < 1.29 is 52.3 Å². The molecule has 1 aromatic carbocycles. The lowest BCUT2D eigenvalue weighted by Gasteiger charge is -2.50. The van der Waals surface area contributed by atoms with Gasteiger partial charge in [-0.1, -0.05) is 0 Å². The van der Waals surface area contributed by atoms with E-state index in [2.05, 4.69) is 0 Å². The third-order valence-corrected chi connectivity index (χ3v) is 7.53. The number of halogens is 1. The molecule has 16 heteroatoms. The summed E-state index contributed by atoms with van der Waals surface area (Å²) in [5.74, 6) is -6.78. The van der Waals surface area contributed by atoms with Gasteiger partial charge in [-0.3, -0.25) is 28.4 Å². The molecule has 0 saturated heterocycles. The second kappa shape index (κ2) is 9.52. The van der Waals surface area contributed by atoms with Crippen LogP contribution >= 0.6 is 22.6 Å². The zero-order chi connectivity index (χ0) is 28.4. The van der Waals surface area contributed by atoms with E-state index in [9.17, 15) is 34.8 Å². The first-order valence-corrected chi connectivity index (χ1v) is 13.0. The average molecular weight is 653 g/mol. The molecule has 37 heavy (non-hydrogen) atoms. The van der Waals surface area contributed by atoms with Crippen LogP contribution in [0.15, 0.2) is 23.0 Å². The quantitative estimate of drug-likeness (QED) is 0.0659. The van der Waals surface area contributed by atoms with E-state index in [-0.39, 0.29) is 29.7 Å². The summed E-state index contributed by atoms with van der Waals surface area (Å²) in [6, 6.07) is 0.434. The van der Waals surface area contributed by atoms with Crippen LogP contribution in [-0.2, 0) is 31.2 Å². The van der Waals surface area contributed by atoms with E-state index in [0.717, 1.165) is 0 Å². The first kappa shape index (κ1) is 28.8. The van der Waals surface area contributed by atoms with Gasteiger partial charge in [-0.25, -0.2) is 0 Å². The molecule has 0 spiro atoms. The van der Waals surface area contributed by atoms with Gasteiger partial charge in [-0.2, -0.15) is 8.42 Å². The zero-order valence-electron chi connectivity index (χ0n) is 19.3. The average Bonchev–Trinajstić information content (AvgIpc) is 2.73. The number of hydrogen-bond acceptors (Lipinski definition) is 11. The number of benzene rings is 1. The van der Waals surface area contributed by atoms with E-state index < -0.39 is 68.4 Å². The lowest BCUT2D eigenvalue weighted by atomic mass is 9.57. The Morgan fingerprint density at radius 3 is 2.22 bits per heavy atom. The molecule has 4 atom stereocenters. The van der Waals surface area contributed by atoms with Crippen molar-refractivity contribution in [1.29, 1.82) is 0 Å². The summed E-state index contributed by atoms with van der Waals surface area (Å²) in [6.45, 7) is 0. The van der Waals surface area contributed by atoms with Gasteiger partial charge in [0.15, 0.2) is 11.4 Å². The maximum absolute atomic E-state index is 13.6. The number of likely N-dealkylation sites (N-methyl/N-ethyl adjacent to an activating group) is 1. The van der Waals surface area contributed by atoms with Crippen molar-refractivity contribution in [3.8, 4) is 5.75 Å². The number of amides is 1. The standard InChI is InChI=1S/C21H22IN3O7.H2O4S/c1-25(2)14-8-4-6-3-7-10(23)5-9(22)15(26)12(7)16(27)11(6)18(29)21(8,32)19(30)13(17(14)28)20(24)31;1-5(2,3)4/h5-6,8,14,26-27,30,32H,3-4,23H2,1-2H3,(H2,24,31);(H2,1,2,3,4)/t6?,8?,14-,21-;/m0./s1. The minimum Gasteiger partial charge on any atom is -0.508 e. The predicted octanol–water partition coefficient (Wildman–Crippen LogP) is -0.502. The Morgan fingerprint density at radius 1 is 1.19 bits per heavy atom. The molecule has 0 heterocycles. The van der Waals surface area contributed by atoms with Gasteiger partial charge in [-0.15, -0.1) is 0 Å². The highest BCUT2D eigenvalue weighted by atomic mass is 127. The number of hydrogen-bond donors (Lipinski definition) is 8. The number of anilines is 1. The third-order valence-electron chi connectivity index (χ3n) is 6.71. The Kier molecular flexibility index (Phi) is 7.41. The van der Waals surface area contributed by atoms with E-state index in [1.165, 1.54) is 4.90 Å². The van der Waals surface area contributed by atoms with Gasteiger partial charge in [0, 0.05) is 17.2 Å². The molecular formula is C21H24IN3O11S. The normalized spacial score (nSPS) is 27.3. The van der Waals surface area contributed by atoms with Crippen LogP contribution in [-0.4, -0.2) is 86.1 Å². The number of aliphatic hydroxyl groups excluding tert-OH is 2. The Bertz CT molecular complexity index is 1390. The predicted molar refractivity (Wildman–Crippen MR) is 136 cm³/mol. The van der Waals surface area contributed by atoms with Crippen molar-refractivity contribution in [3.05, 3.63) is 37.7 Å². The number of aromatic hydroxyl groups is 1. The molecule has 0 radical (unpaired) electrons. The summed E-state index contributed by atoms with van der Waals surface area (Å²) in [5.41, 5.74) is 8.48.